The van der Waals surface area contributed by atoms with Crippen LogP contribution in [0.1, 0.15) is 20.3 Å². The van der Waals surface area contributed by atoms with Gasteiger partial charge in [0, 0.05) is 11.6 Å². The maximum Gasteiger partial charge on any atom is 0.347 e. The van der Waals surface area contributed by atoms with Crippen molar-refractivity contribution in [1.29, 1.82) is 0 Å². The topological polar surface area (TPSA) is 75.0 Å². The predicted octanol–water partition coefficient (Wildman–Crippen LogP) is 4.19. The Balaban J connectivity index is 1.91. The minimum Gasteiger partial charge on any atom is -0.496 e. The fourth-order valence-corrected chi connectivity index (χ4v) is 2.81. The summed E-state index contributed by atoms with van der Waals surface area (Å²) >= 11 is 0. The first kappa shape index (κ1) is 19.5. The van der Waals surface area contributed by atoms with Crippen LogP contribution in [0.5, 0.6) is 11.5 Å². The van der Waals surface area contributed by atoms with Crippen molar-refractivity contribution in [3.8, 4) is 22.6 Å². The highest BCUT2D eigenvalue weighted by Gasteiger charge is 2.17. The summed E-state index contributed by atoms with van der Waals surface area (Å²) in [7, 11) is 1.55. The van der Waals surface area contributed by atoms with Crippen LogP contribution in [0.25, 0.3) is 22.1 Å². The number of fused-ring (bicyclic) bond motifs is 1. The van der Waals surface area contributed by atoms with E-state index in [1.807, 2.05) is 19.1 Å². The van der Waals surface area contributed by atoms with Crippen molar-refractivity contribution in [2.75, 3.05) is 13.7 Å². The Bertz CT molecular complexity index is 1040. The maximum absolute atomic E-state index is 12.9. The molecule has 0 saturated carbocycles. The quantitative estimate of drug-likeness (QED) is 0.571. The summed E-state index contributed by atoms with van der Waals surface area (Å²) in [5.74, 6) is 0.574. The highest BCUT2D eigenvalue weighted by molar-refractivity contribution is 5.84. The second kappa shape index (κ2) is 8.61. The number of esters is 1. The van der Waals surface area contributed by atoms with Crippen molar-refractivity contribution >= 4 is 16.9 Å². The van der Waals surface area contributed by atoms with E-state index < -0.39 is 12.1 Å². The van der Waals surface area contributed by atoms with Crippen LogP contribution in [-0.4, -0.2) is 25.8 Å². The summed E-state index contributed by atoms with van der Waals surface area (Å²) in [6, 6.07) is 12.1. The number of carbonyl (C=O) groups is 1. The maximum atomic E-state index is 12.9. The van der Waals surface area contributed by atoms with Crippen LogP contribution in [0.2, 0.25) is 0 Å². The molecule has 1 unspecified atom stereocenters. The standard InChI is InChI=1S/C22H22O6/c1-4-11-26-22(24)14(2)28-15-9-10-17-20(12-15)27-13-18(21(17)23)16-7-5-6-8-19(16)25-3/h5-10,12-14H,4,11H2,1-3H3. The van der Waals surface area contributed by atoms with Gasteiger partial charge in [-0.1, -0.05) is 25.1 Å². The van der Waals surface area contributed by atoms with Crippen molar-refractivity contribution in [2.45, 2.75) is 26.4 Å². The van der Waals surface area contributed by atoms with Crippen LogP contribution in [0.15, 0.2) is 57.9 Å². The number of hydrogen-bond acceptors (Lipinski definition) is 6. The van der Waals surface area contributed by atoms with Crippen molar-refractivity contribution in [1.82, 2.24) is 0 Å². The lowest BCUT2D eigenvalue weighted by molar-refractivity contribution is -0.151. The molecular weight excluding hydrogens is 360 g/mol. The Labute approximate surface area is 162 Å². The van der Waals surface area contributed by atoms with E-state index in [1.54, 1.807) is 44.4 Å². The second-order valence-electron chi connectivity index (χ2n) is 6.26. The second-order valence-corrected chi connectivity index (χ2v) is 6.26. The molecule has 1 heterocycles. The van der Waals surface area contributed by atoms with E-state index in [2.05, 4.69) is 0 Å². The average molecular weight is 382 g/mol. The monoisotopic (exact) mass is 382 g/mol. The van der Waals surface area contributed by atoms with Crippen LogP contribution in [0.3, 0.4) is 0 Å². The summed E-state index contributed by atoms with van der Waals surface area (Å²) in [4.78, 5) is 24.8. The van der Waals surface area contributed by atoms with E-state index in [0.29, 0.717) is 40.2 Å². The first-order valence-electron chi connectivity index (χ1n) is 9.07. The van der Waals surface area contributed by atoms with Gasteiger partial charge in [0.2, 0.25) is 5.43 Å². The third-order valence-corrected chi connectivity index (χ3v) is 4.24. The summed E-state index contributed by atoms with van der Waals surface area (Å²) in [5, 5.41) is 0.414. The van der Waals surface area contributed by atoms with E-state index >= 15 is 0 Å². The van der Waals surface area contributed by atoms with Crippen molar-refractivity contribution < 1.29 is 23.4 Å². The molecule has 0 radical (unpaired) electrons. The van der Waals surface area contributed by atoms with Gasteiger partial charge in [0.15, 0.2) is 6.10 Å². The molecule has 0 N–H and O–H groups in total. The highest BCUT2D eigenvalue weighted by atomic mass is 16.6. The molecule has 1 aromatic heterocycles. The Morgan fingerprint density at radius 3 is 2.68 bits per heavy atom. The molecule has 6 heteroatoms. The minimum absolute atomic E-state index is 0.173. The molecule has 146 valence electrons. The molecule has 28 heavy (non-hydrogen) atoms. The van der Waals surface area contributed by atoms with E-state index in [9.17, 15) is 9.59 Å². The van der Waals surface area contributed by atoms with Gasteiger partial charge in [0.1, 0.15) is 23.3 Å². The third-order valence-electron chi connectivity index (χ3n) is 4.24. The fourth-order valence-electron chi connectivity index (χ4n) is 2.81. The molecule has 1 atom stereocenters. The molecule has 0 spiro atoms. The smallest absolute Gasteiger partial charge is 0.347 e. The molecule has 0 aliphatic rings. The Kier molecular flexibility index (Phi) is 5.99. The number of rotatable bonds is 7. The Hall–Kier alpha value is -3.28. The molecule has 0 fully saturated rings. The van der Waals surface area contributed by atoms with Gasteiger partial charge in [0.25, 0.3) is 0 Å². The molecule has 0 bridgehead atoms. The lowest BCUT2D eigenvalue weighted by Gasteiger charge is -2.14. The first-order valence-corrected chi connectivity index (χ1v) is 9.07. The highest BCUT2D eigenvalue weighted by Crippen LogP contribution is 2.29. The fraction of sp³-hybridized carbons (Fsp3) is 0.273. The number of methoxy groups -OCH3 is 1. The SMILES string of the molecule is CCCOC(=O)C(C)Oc1ccc2c(=O)c(-c3ccccc3OC)coc2c1. The molecule has 0 aliphatic heterocycles. The van der Waals surface area contributed by atoms with Gasteiger partial charge in [-0.25, -0.2) is 4.79 Å². The Morgan fingerprint density at radius 2 is 1.93 bits per heavy atom. The van der Waals surface area contributed by atoms with Crippen molar-refractivity contribution in [3.63, 3.8) is 0 Å². The molecule has 0 saturated heterocycles. The van der Waals surface area contributed by atoms with Gasteiger partial charge in [0.05, 0.1) is 24.7 Å². The molecule has 3 rings (SSSR count). The lowest BCUT2D eigenvalue weighted by atomic mass is 10.0. The molecule has 3 aromatic rings. The number of carbonyl (C=O) groups excluding carboxylic acids is 1. The average Bonchev–Trinajstić information content (AvgIpc) is 2.72. The van der Waals surface area contributed by atoms with Crippen molar-refractivity contribution in [2.24, 2.45) is 0 Å². The van der Waals surface area contributed by atoms with Crippen LogP contribution in [0.4, 0.5) is 0 Å². The zero-order valence-corrected chi connectivity index (χ0v) is 16.1. The largest absolute Gasteiger partial charge is 0.496 e. The van der Waals surface area contributed by atoms with Crippen LogP contribution in [-0.2, 0) is 9.53 Å². The molecule has 2 aromatic carbocycles. The molecular formula is C22H22O6. The lowest BCUT2D eigenvalue weighted by Crippen LogP contribution is -2.26. The van der Waals surface area contributed by atoms with Crippen LogP contribution < -0.4 is 14.9 Å². The third kappa shape index (κ3) is 4.01. The number of benzene rings is 2. The number of para-hydroxylation sites is 1. The first-order chi connectivity index (χ1) is 13.5. The van der Waals surface area contributed by atoms with E-state index in [-0.39, 0.29) is 5.43 Å². The normalized spacial score (nSPS) is 11.8. The summed E-state index contributed by atoms with van der Waals surface area (Å²) in [6.45, 7) is 3.89. The van der Waals surface area contributed by atoms with Crippen LogP contribution >= 0.6 is 0 Å². The van der Waals surface area contributed by atoms with Crippen molar-refractivity contribution in [3.05, 3.63) is 59.0 Å². The zero-order chi connectivity index (χ0) is 20.1. The number of hydrogen-bond donors (Lipinski definition) is 0. The van der Waals surface area contributed by atoms with Gasteiger partial charge < -0.3 is 18.6 Å². The van der Waals surface area contributed by atoms with Gasteiger partial charge in [-0.05, 0) is 31.5 Å². The molecule has 0 aliphatic carbocycles. The zero-order valence-electron chi connectivity index (χ0n) is 16.1. The molecule has 6 nitrogen and oxygen atoms in total. The minimum atomic E-state index is -0.761. The van der Waals surface area contributed by atoms with Gasteiger partial charge in [-0.2, -0.15) is 0 Å². The molecule has 0 amide bonds. The Morgan fingerprint density at radius 1 is 1.14 bits per heavy atom. The summed E-state index contributed by atoms with van der Waals surface area (Å²) in [5.41, 5.74) is 1.27. The predicted molar refractivity (Wildman–Crippen MR) is 106 cm³/mol. The summed E-state index contributed by atoms with van der Waals surface area (Å²) < 4.78 is 21.7. The van der Waals surface area contributed by atoms with Gasteiger partial charge >= 0.3 is 5.97 Å². The summed E-state index contributed by atoms with van der Waals surface area (Å²) in [6.07, 6.45) is 1.39. The van der Waals surface area contributed by atoms with Crippen LogP contribution in [0, 0.1) is 0 Å². The van der Waals surface area contributed by atoms with Gasteiger partial charge in [-0.3, -0.25) is 4.79 Å². The van der Waals surface area contributed by atoms with E-state index in [0.717, 1.165) is 6.42 Å². The van der Waals surface area contributed by atoms with E-state index in [1.165, 1.54) is 6.26 Å². The van der Waals surface area contributed by atoms with E-state index in [4.69, 9.17) is 18.6 Å². The number of ether oxygens (including phenoxy) is 3. The van der Waals surface area contributed by atoms with Gasteiger partial charge in [-0.15, -0.1) is 0 Å².